The minimum Gasteiger partial charge on any atom is -0.284 e. The van der Waals surface area contributed by atoms with Gasteiger partial charge in [-0.25, -0.2) is 0 Å². The number of hydrogen-bond donors (Lipinski definition) is 0. The minimum atomic E-state index is 0.0998. The van der Waals surface area contributed by atoms with E-state index in [1.807, 2.05) is 25.4 Å². The summed E-state index contributed by atoms with van der Waals surface area (Å²) in [7, 11) is 0. The molecule has 0 aromatic rings. The zero-order valence-corrected chi connectivity index (χ0v) is 9.53. The predicted molar refractivity (Wildman–Crippen MR) is 63.1 cm³/mol. The third kappa shape index (κ3) is 1.91. The fourth-order valence-corrected chi connectivity index (χ4v) is 2.77. The number of nitrogens with zero attached hydrogens (tertiary/aromatic N) is 1. The summed E-state index contributed by atoms with van der Waals surface area (Å²) in [6.45, 7) is 1.99. The maximum atomic E-state index is 11.6. The lowest BCUT2D eigenvalue weighted by Gasteiger charge is -2.17. The van der Waals surface area contributed by atoms with Crippen molar-refractivity contribution in [3.63, 3.8) is 0 Å². The highest BCUT2D eigenvalue weighted by molar-refractivity contribution is 8.13. The number of rotatable bonds is 1. The van der Waals surface area contributed by atoms with E-state index in [4.69, 9.17) is 0 Å². The van der Waals surface area contributed by atoms with E-state index in [0.29, 0.717) is 0 Å². The number of allylic oxidation sites excluding steroid dienone is 2. The lowest BCUT2D eigenvalue weighted by atomic mass is 10.2. The van der Waals surface area contributed by atoms with E-state index in [1.165, 1.54) is 22.2 Å². The van der Waals surface area contributed by atoms with Crippen LogP contribution in [0.2, 0.25) is 0 Å². The van der Waals surface area contributed by atoms with Crippen LogP contribution in [-0.2, 0) is 0 Å². The third-order valence-corrected chi connectivity index (χ3v) is 3.71. The first-order valence-electron chi connectivity index (χ1n) is 4.49. The van der Waals surface area contributed by atoms with Crippen molar-refractivity contribution in [3.05, 3.63) is 35.0 Å². The molecule has 1 amide bonds. The number of thioether (sulfide) groups is 2. The Morgan fingerprint density at radius 2 is 2.57 bits per heavy atom. The first kappa shape index (κ1) is 9.93. The zero-order chi connectivity index (χ0) is 9.97. The van der Waals surface area contributed by atoms with E-state index in [-0.39, 0.29) is 5.24 Å². The molecule has 0 fully saturated rings. The van der Waals surface area contributed by atoms with Crippen LogP contribution in [0.15, 0.2) is 35.0 Å². The van der Waals surface area contributed by atoms with E-state index in [2.05, 4.69) is 6.08 Å². The molecule has 2 rings (SSSR count). The van der Waals surface area contributed by atoms with Gasteiger partial charge in [-0.05, 0) is 17.4 Å². The molecule has 0 bridgehead atoms. The molecule has 0 aliphatic carbocycles. The molecule has 0 aromatic heterocycles. The van der Waals surface area contributed by atoms with Gasteiger partial charge in [0.1, 0.15) is 0 Å². The predicted octanol–water partition coefficient (Wildman–Crippen LogP) is 3.20. The number of amides is 1. The molecule has 0 saturated heterocycles. The third-order valence-electron chi connectivity index (χ3n) is 1.98. The first-order chi connectivity index (χ1) is 6.81. The second-order valence-electron chi connectivity index (χ2n) is 2.89. The molecule has 0 saturated carbocycles. The average molecular weight is 225 g/mol. The Labute approximate surface area is 92.1 Å². The van der Waals surface area contributed by atoms with Gasteiger partial charge in [0.05, 0.1) is 0 Å². The van der Waals surface area contributed by atoms with Crippen LogP contribution in [0.4, 0.5) is 4.79 Å². The van der Waals surface area contributed by atoms with Crippen LogP contribution in [0, 0.1) is 0 Å². The van der Waals surface area contributed by atoms with Gasteiger partial charge >= 0.3 is 0 Å². The minimum absolute atomic E-state index is 0.0998. The number of carbonyl (C=O) groups is 1. The SMILES string of the molecule is CCSC(=O)N1C=CC2=CCSC2=C1. The Bertz CT molecular complexity index is 344. The van der Waals surface area contributed by atoms with Crippen molar-refractivity contribution in [1.29, 1.82) is 0 Å². The standard InChI is InChI=1S/C10H11NOS2/c1-2-13-10(12)11-5-3-8-4-6-14-9(8)7-11/h3-5,7H,2,6H2,1H3. The molecule has 2 heterocycles. The van der Waals surface area contributed by atoms with Crippen molar-refractivity contribution >= 4 is 28.8 Å². The van der Waals surface area contributed by atoms with Crippen LogP contribution >= 0.6 is 23.5 Å². The summed E-state index contributed by atoms with van der Waals surface area (Å²) < 4.78 is 0. The molecular formula is C10H11NOS2. The van der Waals surface area contributed by atoms with Gasteiger partial charge in [-0.3, -0.25) is 9.69 Å². The quantitative estimate of drug-likeness (QED) is 0.683. The molecular weight excluding hydrogens is 214 g/mol. The Morgan fingerprint density at radius 3 is 3.36 bits per heavy atom. The lowest BCUT2D eigenvalue weighted by molar-refractivity contribution is 0.248. The lowest BCUT2D eigenvalue weighted by Crippen LogP contribution is -2.17. The van der Waals surface area contributed by atoms with Crippen LogP contribution in [0.25, 0.3) is 0 Å². The number of carbonyl (C=O) groups excluding carboxylic acids is 1. The van der Waals surface area contributed by atoms with E-state index in [0.717, 1.165) is 11.5 Å². The first-order valence-corrected chi connectivity index (χ1v) is 6.47. The molecule has 74 valence electrons. The van der Waals surface area contributed by atoms with Gasteiger partial charge < -0.3 is 0 Å². The summed E-state index contributed by atoms with van der Waals surface area (Å²) in [6, 6.07) is 0. The van der Waals surface area contributed by atoms with Crippen LogP contribution in [0.3, 0.4) is 0 Å². The van der Waals surface area contributed by atoms with E-state index in [1.54, 1.807) is 16.7 Å². The van der Waals surface area contributed by atoms with Crippen molar-refractivity contribution in [2.45, 2.75) is 6.92 Å². The highest BCUT2D eigenvalue weighted by atomic mass is 32.2. The van der Waals surface area contributed by atoms with Crippen LogP contribution in [0.1, 0.15) is 6.92 Å². The molecule has 0 atom stereocenters. The average Bonchev–Trinajstić information content (AvgIpc) is 2.64. The van der Waals surface area contributed by atoms with Gasteiger partial charge in [0, 0.05) is 23.1 Å². The summed E-state index contributed by atoms with van der Waals surface area (Å²) in [5, 5.41) is 0.0998. The van der Waals surface area contributed by atoms with Crippen molar-refractivity contribution < 1.29 is 4.79 Å². The molecule has 0 spiro atoms. The maximum Gasteiger partial charge on any atom is 0.289 e. The molecule has 4 heteroatoms. The molecule has 0 N–H and O–H groups in total. The summed E-state index contributed by atoms with van der Waals surface area (Å²) in [4.78, 5) is 14.4. The fourth-order valence-electron chi connectivity index (χ4n) is 1.31. The Kier molecular flexibility index (Phi) is 3.03. The summed E-state index contributed by atoms with van der Waals surface area (Å²) in [6.07, 6.45) is 7.95. The largest absolute Gasteiger partial charge is 0.289 e. The molecule has 2 aliphatic heterocycles. The van der Waals surface area contributed by atoms with Gasteiger partial charge in [-0.1, -0.05) is 24.8 Å². The van der Waals surface area contributed by atoms with Crippen molar-refractivity contribution in [1.82, 2.24) is 4.90 Å². The Balaban J connectivity index is 2.11. The normalized spacial score (nSPS) is 19.1. The van der Waals surface area contributed by atoms with Crippen molar-refractivity contribution in [2.75, 3.05) is 11.5 Å². The van der Waals surface area contributed by atoms with Gasteiger partial charge in [0.2, 0.25) is 0 Å². The van der Waals surface area contributed by atoms with E-state index >= 15 is 0 Å². The molecule has 0 unspecified atom stereocenters. The summed E-state index contributed by atoms with van der Waals surface area (Å²) >= 11 is 3.11. The second-order valence-corrected chi connectivity index (χ2v) is 5.16. The molecule has 2 aliphatic rings. The van der Waals surface area contributed by atoms with Crippen molar-refractivity contribution in [3.8, 4) is 0 Å². The van der Waals surface area contributed by atoms with Crippen LogP contribution in [-0.4, -0.2) is 21.6 Å². The van der Waals surface area contributed by atoms with E-state index < -0.39 is 0 Å². The van der Waals surface area contributed by atoms with Crippen LogP contribution in [0.5, 0.6) is 0 Å². The van der Waals surface area contributed by atoms with Crippen molar-refractivity contribution in [2.24, 2.45) is 0 Å². The topological polar surface area (TPSA) is 20.3 Å². The zero-order valence-electron chi connectivity index (χ0n) is 7.90. The Hall–Kier alpha value is -0.610. The fraction of sp³-hybridized carbons (Fsp3) is 0.300. The monoisotopic (exact) mass is 225 g/mol. The van der Waals surface area contributed by atoms with Gasteiger partial charge in [-0.15, -0.1) is 11.8 Å². The maximum absolute atomic E-state index is 11.6. The van der Waals surface area contributed by atoms with Gasteiger partial charge in [0.15, 0.2) is 0 Å². The molecule has 0 radical (unpaired) electrons. The van der Waals surface area contributed by atoms with Gasteiger partial charge in [-0.2, -0.15) is 0 Å². The summed E-state index contributed by atoms with van der Waals surface area (Å²) in [5.74, 6) is 1.84. The summed E-state index contributed by atoms with van der Waals surface area (Å²) in [5.41, 5.74) is 1.25. The molecule has 14 heavy (non-hydrogen) atoms. The Morgan fingerprint density at radius 1 is 1.71 bits per heavy atom. The molecule has 0 aromatic carbocycles. The van der Waals surface area contributed by atoms with Gasteiger partial charge in [0.25, 0.3) is 5.24 Å². The highest BCUT2D eigenvalue weighted by Gasteiger charge is 2.18. The number of hydrogen-bond acceptors (Lipinski definition) is 3. The molecule has 2 nitrogen and oxygen atoms in total. The van der Waals surface area contributed by atoms with Crippen LogP contribution < -0.4 is 0 Å². The smallest absolute Gasteiger partial charge is 0.284 e. The number of fused-ring (bicyclic) bond motifs is 1. The highest BCUT2D eigenvalue weighted by Crippen LogP contribution is 2.35. The second kappa shape index (κ2) is 4.28. The van der Waals surface area contributed by atoms with E-state index in [9.17, 15) is 4.79 Å².